The summed E-state index contributed by atoms with van der Waals surface area (Å²) in [5.74, 6) is -8.80. The maximum Gasteiger partial charge on any atom is 0.310 e. The predicted octanol–water partition coefficient (Wildman–Crippen LogP) is 3.91. The van der Waals surface area contributed by atoms with Crippen LogP contribution in [-0.2, 0) is 9.59 Å². The number of aromatic hydroxyl groups is 2. The number of carbonyl (C=O) groups is 4. The molecule has 0 spiro atoms. The molecule has 1 aliphatic rings. The number of carboxylic acid groups (broad SMARTS) is 2. The molecule has 2 unspecified atom stereocenters. The van der Waals surface area contributed by atoms with Crippen LogP contribution >= 0.6 is 0 Å². The minimum absolute atomic E-state index is 0. The maximum atomic E-state index is 12.9. The van der Waals surface area contributed by atoms with E-state index in [-0.39, 0.29) is 18.6 Å². The molecule has 0 saturated carbocycles. The van der Waals surface area contributed by atoms with Crippen LogP contribution in [0.25, 0.3) is 0 Å². The van der Waals surface area contributed by atoms with E-state index in [2.05, 4.69) is 0 Å². The third-order valence-corrected chi connectivity index (χ3v) is 5.00. The Balaban J connectivity index is 0.00000156. The normalized spacial score (nSPS) is 13.5. The molecule has 1 aliphatic carbocycles. The Labute approximate surface area is 179 Å². The number of hydrogen-bond donors (Lipinski definition) is 4. The summed E-state index contributed by atoms with van der Waals surface area (Å²) in [5, 5.41) is 40.3. The first-order valence-corrected chi connectivity index (χ1v) is 9.35. The van der Waals surface area contributed by atoms with E-state index in [0.717, 1.165) is 0 Å². The van der Waals surface area contributed by atoms with Gasteiger partial charge >= 0.3 is 11.9 Å². The van der Waals surface area contributed by atoms with Gasteiger partial charge in [-0.2, -0.15) is 0 Å². The van der Waals surface area contributed by atoms with Crippen molar-refractivity contribution in [1.29, 1.82) is 0 Å². The molecule has 0 saturated heterocycles. The third-order valence-electron chi connectivity index (χ3n) is 5.00. The molecule has 0 fully saturated rings. The van der Waals surface area contributed by atoms with Crippen LogP contribution in [-0.4, -0.2) is 43.9 Å². The lowest BCUT2D eigenvalue weighted by molar-refractivity contribution is -0.140. The van der Waals surface area contributed by atoms with Crippen molar-refractivity contribution in [1.82, 2.24) is 0 Å². The molecule has 2 aromatic rings. The first-order chi connectivity index (χ1) is 14.1. The molecule has 0 aromatic heterocycles. The highest BCUT2D eigenvalue weighted by Crippen LogP contribution is 2.48. The number of fused-ring (bicyclic) bond motifs is 2. The van der Waals surface area contributed by atoms with Gasteiger partial charge in [0.25, 0.3) is 0 Å². The molecule has 166 valence electrons. The molecular weight excluding hydrogens is 404 g/mol. The lowest BCUT2D eigenvalue weighted by atomic mass is 9.76. The molecule has 3 rings (SSSR count). The maximum absolute atomic E-state index is 12.9. The van der Waals surface area contributed by atoms with Crippen molar-refractivity contribution in [3.63, 3.8) is 0 Å². The van der Waals surface area contributed by atoms with Gasteiger partial charge in [0.15, 0.2) is 11.6 Å². The first-order valence-electron chi connectivity index (χ1n) is 9.35. The molecule has 0 aliphatic heterocycles. The highest BCUT2D eigenvalue weighted by Gasteiger charge is 2.41. The number of aliphatic carboxylic acids is 2. The van der Waals surface area contributed by atoms with Crippen molar-refractivity contribution in [2.24, 2.45) is 0 Å². The van der Waals surface area contributed by atoms with Crippen LogP contribution in [0.2, 0.25) is 0 Å². The molecule has 0 radical (unpaired) electrons. The fourth-order valence-corrected chi connectivity index (χ4v) is 3.48. The molecule has 31 heavy (non-hydrogen) atoms. The van der Waals surface area contributed by atoms with Gasteiger partial charge in [-0.25, -0.2) is 0 Å². The summed E-state index contributed by atoms with van der Waals surface area (Å²) in [6.45, 7) is 6.37. The summed E-state index contributed by atoms with van der Waals surface area (Å²) in [4.78, 5) is 48.9. The van der Waals surface area contributed by atoms with Crippen LogP contribution in [0.5, 0.6) is 11.5 Å². The van der Waals surface area contributed by atoms with Gasteiger partial charge < -0.3 is 20.4 Å². The molecule has 2 atom stereocenters. The molecule has 2 aromatic carbocycles. The van der Waals surface area contributed by atoms with Crippen molar-refractivity contribution >= 4 is 23.5 Å². The van der Waals surface area contributed by atoms with Crippen molar-refractivity contribution in [3.05, 3.63) is 57.6 Å². The lowest BCUT2D eigenvalue weighted by Gasteiger charge is -2.26. The summed E-state index contributed by atoms with van der Waals surface area (Å²) in [7, 11) is 0. The van der Waals surface area contributed by atoms with Crippen molar-refractivity contribution < 1.29 is 39.6 Å². The van der Waals surface area contributed by atoms with E-state index in [0.29, 0.717) is 0 Å². The average Bonchev–Trinajstić information content (AvgIpc) is 2.73. The van der Waals surface area contributed by atoms with Crippen LogP contribution in [0.4, 0.5) is 0 Å². The van der Waals surface area contributed by atoms with Gasteiger partial charge in [-0.1, -0.05) is 45.5 Å². The Morgan fingerprint density at radius 1 is 0.742 bits per heavy atom. The Kier molecular flexibility index (Phi) is 7.71. The van der Waals surface area contributed by atoms with Gasteiger partial charge in [0, 0.05) is 22.3 Å². The SMILES string of the molecule is C.CC.CC(C(=O)O)c1c(O)c2c(c(O)c1C(C)C(=O)O)C(=O)c1ccccc1C2=O. The molecule has 8 nitrogen and oxygen atoms in total. The van der Waals surface area contributed by atoms with Gasteiger partial charge in [0.2, 0.25) is 0 Å². The Morgan fingerprint density at radius 3 is 1.29 bits per heavy atom. The molecule has 0 heterocycles. The van der Waals surface area contributed by atoms with Crippen LogP contribution < -0.4 is 0 Å². The molecule has 0 amide bonds. The van der Waals surface area contributed by atoms with E-state index in [1.165, 1.54) is 38.1 Å². The topological polar surface area (TPSA) is 149 Å². The van der Waals surface area contributed by atoms with Crippen LogP contribution in [0.3, 0.4) is 0 Å². The Morgan fingerprint density at radius 2 is 1.03 bits per heavy atom. The first kappa shape index (κ1) is 25.4. The molecule has 8 heteroatoms. The van der Waals surface area contributed by atoms with Crippen molar-refractivity contribution in [2.75, 3.05) is 0 Å². The number of carboxylic acids is 2. The highest BCUT2D eigenvalue weighted by atomic mass is 16.4. The van der Waals surface area contributed by atoms with E-state index in [4.69, 9.17) is 0 Å². The number of phenols is 2. The number of phenolic OH excluding ortho intramolecular Hbond substituents is 2. The van der Waals surface area contributed by atoms with Gasteiger partial charge in [-0.05, 0) is 13.8 Å². The van der Waals surface area contributed by atoms with Gasteiger partial charge in [0.05, 0.1) is 23.0 Å². The number of carbonyl (C=O) groups excluding carboxylic acids is 2. The van der Waals surface area contributed by atoms with Crippen molar-refractivity contribution in [3.8, 4) is 11.5 Å². The third kappa shape index (κ3) is 3.88. The second-order valence-electron chi connectivity index (χ2n) is 6.60. The summed E-state index contributed by atoms with van der Waals surface area (Å²) >= 11 is 0. The quantitative estimate of drug-likeness (QED) is 0.455. The van der Waals surface area contributed by atoms with Crippen LogP contribution in [0, 0.1) is 0 Å². The standard InChI is InChI=1S/C20H16O8.C2H6.CH4/c1-7(19(25)26)11-12(8(2)20(27)28)18(24)14-13(17(11)23)15(21)9-5-3-4-6-10(9)16(14)22;1-2;/h3-8,23-24H,1-2H3,(H,25,26)(H,27,28);1-2H3;1H4. The number of ketones is 2. The van der Waals surface area contributed by atoms with Gasteiger partial charge in [-0.3, -0.25) is 19.2 Å². The van der Waals surface area contributed by atoms with Gasteiger partial charge in [0.1, 0.15) is 11.5 Å². The largest absolute Gasteiger partial charge is 0.507 e. The fourth-order valence-electron chi connectivity index (χ4n) is 3.48. The van der Waals surface area contributed by atoms with E-state index >= 15 is 0 Å². The summed E-state index contributed by atoms with van der Waals surface area (Å²) < 4.78 is 0. The number of rotatable bonds is 4. The van der Waals surface area contributed by atoms with E-state index in [1.807, 2.05) is 13.8 Å². The zero-order chi connectivity index (χ0) is 22.9. The summed E-state index contributed by atoms with van der Waals surface area (Å²) in [6, 6.07) is 5.80. The molecule has 4 N–H and O–H groups in total. The predicted molar refractivity (Wildman–Crippen MR) is 113 cm³/mol. The second kappa shape index (κ2) is 9.42. The summed E-state index contributed by atoms with van der Waals surface area (Å²) in [6.07, 6.45) is 0. The smallest absolute Gasteiger partial charge is 0.310 e. The summed E-state index contributed by atoms with van der Waals surface area (Å²) in [5.41, 5.74) is -1.85. The minimum Gasteiger partial charge on any atom is -0.507 e. The average molecular weight is 430 g/mol. The van der Waals surface area contributed by atoms with E-state index in [1.54, 1.807) is 0 Å². The number of hydrogen-bond acceptors (Lipinski definition) is 6. The van der Waals surface area contributed by atoms with Gasteiger partial charge in [-0.15, -0.1) is 0 Å². The van der Waals surface area contributed by atoms with Crippen molar-refractivity contribution in [2.45, 2.75) is 47.0 Å². The van der Waals surface area contributed by atoms with Crippen LogP contribution in [0.1, 0.15) is 89.9 Å². The van der Waals surface area contributed by atoms with Crippen LogP contribution in [0.15, 0.2) is 24.3 Å². The highest BCUT2D eigenvalue weighted by molar-refractivity contribution is 6.30. The van der Waals surface area contributed by atoms with E-state index < -0.39 is 69.1 Å². The monoisotopic (exact) mass is 430 g/mol. The minimum atomic E-state index is -1.44. The Bertz CT molecular complexity index is 984. The number of benzene rings is 2. The molecule has 0 bridgehead atoms. The fraction of sp³-hybridized carbons (Fsp3) is 0.304. The second-order valence-corrected chi connectivity index (χ2v) is 6.60. The zero-order valence-electron chi connectivity index (χ0n) is 16.9. The van der Waals surface area contributed by atoms with E-state index in [9.17, 15) is 39.6 Å². The Hall–Kier alpha value is -3.68. The zero-order valence-corrected chi connectivity index (χ0v) is 16.9. The molecular formula is C23H26O8. The lowest BCUT2D eigenvalue weighted by Crippen LogP contribution is -2.25.